The Balaban J connectivity index is 1.87. The molecule has 0 unspecified atom stereocenters. The molecule has 0 saturated heterocycles. The van der Waals surface area contributed by atoms with E-state index in [1.165, 1.54) is 11.1 Å². The van der Waals surface area contributed by atoms with Crippen LogP contribution in [0.1, 0.15) is 57.1 Å². The molecule has 2 aromatic carbocycles. The van der Waals surface area contributed by atoms with Gasteiger partial charge < -0.3 is 5.32 Å². The number of rotatable bonds is 7. The molecule has 1 atom stereocenters. The summed E-state index contributed by atoms with van der Waals surface area (Å²) in [7, 11) is 0. The molecular formula is C24H30N4OS. The van der Waals surface area contributed by atoms with E-state index >= 15 is 0 Å². The molecule has 0 fully saturated rings. The van der Waals surface area contributed by atoms with Crippen LogP contribution < -0.4 is 5.32 Å². The number of amides is 1. The van der Waals surface area contributed by atoms with Crippen LogP contribution in [0.3, 0.4) is 0 Å². The summed E-state index contributed by atoms with van der Waals surface area (Å²) in [6.45, 7) is 10.2. The second kappa shape index (κ2) is 9.47. The molecule has 1 aromatic heterocycles. The Morgan fingerprint density at radius 1 is 1.07 bits per heavy atom. The van der Waals surface area contributed by atoms with Crippen molar-refractivity contribution in [2.75, 3.05) is 0 Å². The fourth-order valence-corrected chi connectivity index (χ4v) is 4.07. The highest BCUT2D eigenvalue weighted by atomic mass is 32.2. The van der Waals surface area contributed by atoms with E-state index in [1.54, 1.807) is 11.8 Å². The first-order valence-electron chi connectivity index (χ1n) is 10.2. The molecule has 0 radical (unpaired) electrons. The number of nitrogens with zero attached hydrogens (tertiary/aromatic N) is 3. The van der Waals surface area contributed by atoms with E-state index in [9.17, 15) is 4.79 Å². The molecule has 0 aliphatic heterocycles. The summed E-state index contributed by atoms with van der Waals surface area (Å²) in [4.78, 5) is 12.5. The van der Waals surface area contributed by atoms with Gasteiger partial charge in [0.15, 0.2) is 11.0 Å². The first-order chi connectivity index (χ1) is 14.2. The van der Waals surface area contributed by atoms with Gasteiger partial charge in [0, 0.05) is 17.9 Å². The monoisotopic (exact) mass is 422 g/mol. The van der Waals surface area contributed by atoms with Crippen molar-refractivity contribution in [2.45, 2.75) is 58.0 Å². The number of hydrogen-bond donors (Lipinski definition) is 1. The molecule has 0 saturated carbocycles. The summed E-state index contributed by atoms with van der Waals surface area (Å²) in [5.41, 5.74) is 3.35. The molecule has 1 heterocycles. The molecule has 0 spiro atoms. The summed E-state index contributed by atoms with van der Waals surface area (Å²) >= 11 is 1.64. The normalized spacial score (nSPS) is 12.6. The Hall–Kier alpha value is -2.60. The number of hydrogen-bond acceptors (Lipinski definition) is 4. The lowest BCUT2D eigenvalue weighted by molar-refractivity contribution is -0.123. The van der Waals surface area contributed by atoms with Crippen molar-refractivity contribution in [1.29, 1.82) is 0 Å². The van der Waals surface area contributed by atoms with Gasteiger partial charge in [0.2, 0.25) is 5.91 Å². The SMILES string of the molecule is Cc1ccc(-n2c(SCc3ccccc3)nnc2[C@H](C)NC(=O)CC(C)(C)C)cc1. The average molecular weight is 423 g/mol. The third kappa shape index (κ3) is 5.95. The number of aryl methyl sites for hydroxylation is 1. The molecule has 6 heteroatoms. The van der Waals surface area contributed by atoms with E-state index in [-0.39, 0.29) is 17.4 Å². The summed E-state index contributed by atoms with van der Waals surface area (Å²) in [6.07, 6.45) is 0.464. The van der Waals surface area contributed by atoms with Crippen LogP contribution in [0.2, 0.25) is 0 Å². The highest BCUT2D eigenvalue weighted by Gasteiger charge is 2.23. The van der Waals surface area contributed by atoms with Gasteiger partial charge in [-0.1, -0.05) is 80.6 Å². The van der Waals surface area contributed by atoms with Crippen molar-refractivity contribution in [3.05, 3.63) is 71.5 Å². The summed E-state index contributed by atoms with van der Waals surface area (Å²) in [5.74, 6) is 1.55. The average Bonchev–Trinajstić information content (AvgIpc) is 3.10. The Bertz CT molecular complexity index is 975. The summed E-state index contributed by atoms with van der Waals surface area (Å²) < 4.78 is 2.05. The van der Waals surface area contributed by atoms with Crippen LogP contribution >= 0.6 is 11.8 Å². The number of carbonyl (C=O) groups excluding carboxylic acids is 1. The highest BCUT2D eigenvalue weighted by molar-refractivity contribution is 7.98. The number of thioether (sulfide) groups is 1. The van der Waals surface area contributed by atoms with E-state index in [0.29, 0.717) is 6.42 Å². The number of benzene rings is 2. The van der Waals surface area contributed by atoms with E-state index in [2.05, 4.69) is 84.2 Å². The van der Waals surface area contributed by atoms with Crippen LogP contribution in [0.15, 0.2) is 59.8 Å². The van der Waals surface area contributed by atoms with Gasteiger partial charge in [-0.05, 0) is 37.0 Å². The van der Waals surface area contributed by atoms with Crippen molar-refractivity contribution >= 4 is 17.7 Å². The minimum Gasteiger partial charge on any atom is -0.346 e. The van der Waals surface area contributed by atoms with Gasteiger partial charge in [0.1, 0.15) is 0 Å². The zero-order valence-electron chi connectivity index (χ0n) is 18.3. The van der Waals surface area contributed by atoms with Gasteiger partial charge in [-0.2, -0.15) is 0 Å². The maximum absolute atomic E-state index is 12.5. The van der Waals surface area contributed by atoms with Crippen LogP contribution in [0.5, 0.6) is 0 Å². The van der Waals surface area contributed by atoms with Gasteiger partial charge in [-0.15, -0.1) is 10.2 Å². The van der Waals surface area contributed by atoms with Crippen molar-refractivity contribution in [3.8, 4) is 5.69 Å². The van der Waals surface area contributed by atoms with Crippen molar-refractivity contribution < 1.29 is 4.79 Å². The largest absolute Gasteiger partial charge is 0.346 e. The standard InChI is InChI=1S/C24H30N4OS/c1-17-11-13-20(14-12-17)28-22(18(2)25-21(29)15-24(3,4)5)26-27-23(28)30-16-19-9-7-6-8-10-19/h6-14,18H,15-16H2,1-5H3,(H,25,29)/t18-/m0/s1. The number of nitrogens with one attached hydrogen (secondary N) is 1. The Morgan fingerprint density at radius 2 is 1.73 bits per heavy atom. The van der Waals surface area contributed by atoms with Gasteiger partial charge in [-0.3, -0.25) is 9.36 Å². The number of carbonyl (C=O) groups is 1. The van der Waals surface area contributed by atoms with Crippen LogP contribution in [-0.2, 0) is 10.5 Å². The van der Waals surface area contributed by atoms with Gasteiger partial charge in [0.05, 0.1) is 6.04 Å². The zero-order chi connectivity index (χ0) is 21.7. The quantitative estimate of drug-likeness (QED) is 0.512. The van der Waals surface area contributed by atoms with Gasteiger partial charge >= 0.3 is 0 Å². The minimum atomic E-state index is -0.250. The Kier molecular flexibility index (Phi) is 6.98. The zero-order valence-corrected chi connectivity index (χ0v) is 19.2. The molecule has 1 amide bonds. The van der Waals surface area contributed by atoms with Gasteiger partial charge in [0.25, 0.3) is 0 Å². The Labute approximate surface area is 183 Å². The molecule has 0 aliphatic rings. The second-order valence-corrected chi connectivity index (χ2v) is 9.76. The molecule has 1 N–H and O–H groups in total. The second-order valence-electron chi connectivity index (χ2n) is 8.81. The van der Waals surface area contributed by atoms with E-state index in [4.69, 9.17) is 0 Å². The minimum absolute atomic E-state index is 0.0203. The van der Waals surface area contributed by atoms with Crippen molar-refractivity contribution in [3.63, 3.8) is 0 Å². The molecule has 3 rings (SSSR count). The summed E-state index contributed by atoms with van der Waals surface area (Å²) in [6, 6.07) is 18.4. The van der Waals surface area contributed by atoms with Crippen LogP contribution in [-0.4, -0.2) is 20.7 Å². The lowest BCUT2D eigenvalue weighted by Gasteiger charge is -2.20. The first kappa shape index (κ1) is 22.1. The summed E-state index contributed by atoms with van der Waals surface area (Å²) in [5, 5.41) is 12.8. The molecule has 158 valence electrons. The van der Waals surface area contributed by atoms with Crippen molar-refractivity contribution in [1.82, 2.24) is 20.1 Å². The predicted octanol–water partition coefficient (Wildman–Crippen LogP) is 5.48. The maximum Gasteiger partial charge on any atom is 0.221 e. The first-order valence-corrected chi connectivity index (χ1v) is 11.2. The lowest BCUT2D eigenvalue weighted by Crippen LogP contribution is -2.31. The van der Waals surface area contributed by atoms with E-state index in [1.807, 2.05) is 25.1 Å². The van der Waals surface area contributed by atoms with Crippen molar-refractivity contribution in [2.24, 2.45) is 5.41 Å². The lowest BCUT2D eigenvalue weighted by atomic mass is 9.92. The molecule has 3 aromatic rings. The molecule has 0 bridgehead atoms. The fraction of sp³-hybridized carbons (Fsp3) is 0.375. The van der Waals surface area contributed by atoms with E-state index in [0.717, 1.165) is 22.4 Å². The van der Waals surface area contributed by atoms with Crippen LogP contribution in [0.25, 0.3) is 5.69 Å². The third-order valence-corrected chi connectivity index (χ3v) is 5.62. The molecule has 5 nitrogen and oxygen atoms in total. The van der Waals surface area contributed by atoms with Crippen LogP contribution in [0.4, 0.5) is 0 Å². The molecule has 30 heavy (non-hydrogen) atoms. The maximum atomic E-state index is 12.5. The Morgan fingerprint density at radius 3 is 2.37 bits per heavy atom. The van der Waals surface area contributed by atoms with Crippen LogP contribution in [0, 0.1) is 12.3 Å². The number of aromatic nitrogens is 3. The molecular weight excluding hydrogens is 392 g/mol. The fourth-order valence-electron chi connectivity index (χ4n) is 3.15. The van der Waals surface area contributed by atoms with E-state index < -0.39 is 0 Å². The highest BCUT2D eigenvalue weighted by Crippen LogP contribution is 2.28. The third-order valence-electron chi connectivity index (χ3n) is 4.62. The molecule has 0 aliphatic carbocycles. The smallest absolute Gasteiger partial charge is 0.221 e. The predicted molar refractivity (Wildman–Crippen MR) is 123 cm³/mol. The topological polar surface area (TPSA) is 59.8 Å². The van der Waals surface area contributed by atoms with Gasteiger partial charge in [-0.25, -0.2) is 0 Å².